The van der Waals surface area contributed by atoms with Gasteiger partial charge in [0, 0.05) is 36.0 Å². The third-order valence-electron chi connectivity index (χ3n) is 6.58. The van der Waals surface area contributed by atoms with E-state index in [4.69, 9.17) is 4.42 Å². The highest BCUT2D eigenvalue weighted by atomic mass is 16.3. The van der Waals surface area contributed by atoms with Crippen molar-refractivity contribution in [2.45, 2.75) is 39.3 Å². The quantitative estimate of drug-likeness (QED) is 0.278. The van der Waals surface area contributed by atoms with Gasteiger partial charge in [0.05, 0.1) is 12.8 Å². The lowest BCUT2D eigenvalue weighted by Gasteiger charge is -2.17. The van der Waals surface area contributed by atoms with Gasteiger partial charge in [-0.25, -0.2) is 0 Å². The summed E-state index contributed by atoms with van der Waals surface area (Å²) in [7, 11) is 0. The van der Waals surface area contributed by atoms with Crippen LogP contribution in [0.5, 0.6) is 0 Å². The summed E-state index contributed by atoms with van der Waals surface area (Å²) in [5, 5.41) is 4.21. The van der Waals surface area contributed by atoms with Crippen LogP contribution in [0.2, 0.25) is 0 Å². The average Bonchev–Trinajstić information content (AvgIpc) is 3.52. The zero-order chi connectivity index (χ0) is 24.2. The number of furan rings is 1. The predicted octanol–water partition coefficient (Wildman–Crippen LogP) is 6.74. The Hall–Kier alpha value is -4.05. The summed E-state index contributed by atoms with van der Waals surface area (Å²) in [4.78, 5) is 13.1. The van der Waals surface area contributed by atoms with Gasteiger partial charge in [0.2, 0.25) is 5.91 Å². The number of hydrogen-bond acceptors (Lipinski definition) is 2. The first kappa shape index (κ1) is 22.7. The van der Waals surface area contributed by atoms with Gasteiger partial charge in [-0.3, -0.25) is 4.79 Å². The van der Waals surface area contributed by atoms with E-state index < -0.39 is 0 Å². The SMILES string of the molecule is Cc1ccc(Cn2cc(C(CC(=O)NCc3ccco3)c3ccc(C)cc3)c3ccccc32)cc1. The van der Waals surface area contributed by atoms with Crippen LogP contribution >= 0.6 is 0 Å². The first-order chi connectivity index (χ1) is 17.1. The maximum absolute atomic E-state index is 13.1. The van der Waals surface area contributed by atoms with Crippen LogP contribution in [-0.2, 0) is 17.9 Å². The van der Waals surface area contributed by atoms with Gasteiger partial charge in [0.25, 0.3) is 0 Å². The van der Waals surface area contributed by atoms with Crippen LogP contribution in [0.1, 0.15) is 45.9 Å². The normalized spacial score (nSPS) is 12.1. The Labute approximate surface area is 206 Å². The highest BCUT2D eigenvalue weighted by Crippen LogP contribution is 2.35. The number of aryl methyl sites for hydroxylation is 2. The zero-order valence-electron chi connectivity index (χ0n) is 20.2. The zero-order valence-corrected chi connectivity index (χ0v) is 20.2. The molecule has 1 N–H and O–H groups in total. The van der Waals surface area contributed by atoms with E-state index in [9.17, 15) is 4.79 Å². The second kappa shape index (κ2) is 10.1. The number of nitrogens with zero attached hydrogens (tertiary/aromatic N) is 1. The highest BCUT2D eigenvalue weighted by molar-refractivity contribution is 5.86. The van der Waals surface area contributed by atoms with Crippen molar-refractivity contribution >= 4 is 16.8 Å². The lowest BCUT2D eigenvalue weighted by Crippen LogP contribution is -2.24. The van der Waals surface area contributed by atoms with Gasteiger partial charge in [-0.2, -0.15) is 0 Å². The molecule has 0 bridgehead atoms. The Kier molecular flexibility index (Phi) is 6.53. The molecule has 1 atom stereocenters. The topological polar surface area (TPSA) is 47.2 Å². The number of para-hydroxylation sites is 1. The van der Waals surface area contributed by atoms with Crippen LogP contribution in [0.15, 0.2) is 102 Å². The van der Waals surface area contributed by atoms with Gasteiger partial charge in [-0.1, -0.05) is 77.9 Å². The van der Waals surface area contributed by atoms with Crippen molar-refractivity contribution < 1.29 is 9.21 Å². The van der Waals surface area contributed by atoms with Gasteiger partial charge in [0.15, 0.2) is 0 Å². The third kappa shape index (κ3) is 5.22. The predicted molar refractivity (Wildman–Crippen MR) is 140 cm³/mol. The van der Waals surface area contributed by atoms with E-state index in [-0.39, 0.29) is 11.8 Å². The van der Waals surface area contributed by atoms with E-state index >= 15 is 0 Å². The Morgan fingerprint density at radius 1 is 0.886 bits per heavy atom. The van der Waals surface area contributed by atoms with E-state index in [0.717, 1.165) is 17.9 Å². The lowest BCUT2D eigenvalue weighted by molar-refractivity contribution is -0.121. The number of amides is 1. The summed E-state index contributed by atoms with van der Waals surface area (Å²) < 4.78 is 7.68. The highest BCUT2D eigenvalue weighted by Gasteiger charge is 2.23. The standard InChI is InChI=1S/C31H30N2O2/c1-22-9-13-24(14-10-22)20-33-21-29(27-7-3-4-8-30(27)33)28(25-15-11-23(2)12-16-25)18-31(34)32-19-26-6-5-17-35-26/h3-17,21,28H,18-20H2,1-2H3,(H,32,34). The summed E-state index contributed by atoms with van der Waals surface area (Å²) in [6.07, 6.45) is 4.22. The van der Waals surface area contributed by atoms with Crippen molar-refractivity contribution in [3.05, 3.63) is 131 Å². The molecule has 4 heteroatoms. The number of aromatic nitrogens is 1. The second-order valence-corrected chi connectivity index (χ2v) is 9.24. The van der Waals surface area contributed by atoms with Crippen molar-refractivity contribution in [1.82, 2.24) is 9.88 Å². The number of carbonyl (C=O) groups excluding carboxylic acids is 1. The molecule has 0 aliphatic carbocycles. The summed E-state index contributed by atoms with van der Waals surface area (Å²) >= 11 is 0. The number of nitrogens with one attached hydrogen (secondary N) is 1. The average molecular weight is 463 g/mol. The van der Waals surface area contributed by atoms with E-state index in [1.54, 1.807) is 6.26 Å². The molecule has 2 heterocycles. The molecule has 2 aromatic heterocycles. The van der Waals surface area contributed by atoms with Crippen molar-refractivity contribution in [1.29, 1.82) is 0 Å². The van der Waals surface area contributed by atoms with Crippen LogP contribution in [0, 0.1) is 13.8 Å². The fourth-order valence-corrected chi connectivity index (χ4v) is 4.64. The molecule has 0 aliphatic rings. The number of hydrogen-bond donors (Lipinski definition) is 1. The number of benzene rings is 3. The van der Waals surface area contributed by atoms with E-state index in [0.29, 0.717) is 13.0 Å². The smallest absolute Gasteiger partial charge is 0.221 e. The second-order valence-electron chi connectivity index (χ2n) is 9.24. The Morgan fingerprint density at radius 3 is 2.31 bits per heavy atom. The molecule has 0 spiro atoms. The summed E-state index contributed by atoms with van der Waals surface area (Å²) in [5.41, 5.74) is 7.21. The fraction of sp³-hybridized carbons (Fsp3) is 0.194. The number of rotatable bonds is 8. The van der Waals surface area contributed by atoms with Gasteiger partial charge in [-0.05, 0) is 48.7 Å². The van der Waals surface area contributed by atoms with Crippen molar-refractivity contribution in [2.75, 3.05) is 0 Å². The lowest BCUT2D eigenvalue weighted by atomic mass is 9.87. The van der Waals surface area contributed by atoms with Gasteiger partial charge >= 0.3 is 0 Å². The minimum absolute atomic E-state index is 0.00217. The largest absolute Gasteiger partial charge is 0.467 e. The van der Waals surface area contributed by atoms with Crippen LogP contribution < -0.4 is 5.32 Å². The van der Waals surface area contributed by atoms with E-state index in [1.165, 1.54) is 33.2 Å². The monoisotopic (exact) mass is 462 g/mol. The van der Waals surface area contributed by atoms with Crippen LogP contribution in [0.3, 0.4) is 0 Å². The molecule has 0 fully saturated rings. The molecule has 1 unspecified atom stereocenters. The molecule has 1 amide bonds. The van der Waals surface area contributed by atoms with Crippen molar-refractivity contribution in [2.24, 2.45) is 0 Å². The Balaban J connectivity index is 1.50. The summed E-state index contributed by atoms with van der Waals surface area (Å²) in [6.45, 7) is 5.37. The number of fused-ring (bicyclic) bond motifs is 1. The minimum Gasteiger partial charge on any atom is -0.467 e. The van der Waals surface area contributed by atoms with Crippen LogP contribution in [0.25, 0.3) is 10.9 Å². The van der Waals surface area contributed by atoms with Gasteiger partial charge in [0.1, 0.15) is 5.76 Å². The Morgan fingerprint density at radius 2 is 1.60 bits per heavy atom. The van der Waals surface area contributed by atoms with Crippen LogP contribution in [0.4, 0.5) is 0 Å². The first-order valence-electron chi connectivity index (χ1n) is 12.1. The molecule has 0 saturated heterocycles. The maximum Gasteiger partial charge on any atom is 0.221 e. The molecule has 4 nitrogen and oxygen atoms in total. The third-order valence-corrected chi connectivity index (χ3v) is 6.58. The first-order valence-corrected chi connectivity index (χ1v) is 12.1. The molecule has 5 aromatic rings. The molecule has 0 radical (unpaired) electrons. The molecular weight excluding hydrogens is 432 g/mol. The molecule has 35 heavy (non-hydrogen) atoms. The van der Waals surface area contributed by atoms with E-state index in [1.807, 2.05) is 12.1 Å². The number of carbonyl (C=O) groups is 1. The van der Waals surface area contributed by atoms with Crippen molar-refractivity contribution in [3.63, 3.8) is 0 Å². The minimum atomic E-state index is -0.0589. The molecule has 176 valence electrons. The van der Waals surface area contributed by atoms with Crippen molar-refractivity contribution in [3.8, 4) is 0 Å². The molecule has 0 aliphatic heterocycles. The Bertz CT molecular complexity index is 1410. The van der Waals surface area contributed by atoms with Gasteiger partial charge in [-0.15, -0.1) is 0 Å². The summed E-state index contributed by atoms with van der Waals surface area (Å²) in [5.74, 6) is 0.693. The van der Waals surface area contributed by atoms with Crippen LogP contribution in [-0.4, -0.2) is 10.5 Å². The van der Waals surface area contributed by atoms with E-state index in [2.05, 4.69) is 103 Å². The molecule has 0 saturated carbocycles. The fourth-order valence-electron chi connectivity index (χ4n) is 4.64. The molecule has 5 rings (SSSR count). The maximum atomic E-state index is 13.1. The summed E-state index contributed by atoms with van der Waals surface area (Å²) in [6, 6.07) is 29.4. The molecule has 3 aromatic carbocycles. The van der Waals surface area contributed by atoms with Gasteiger partial charge < -0.3 is 14.3 Å². The molecular formula is C31H30N2O2.